The molecule has 0 N–H and O–H groups in total. The maximum absolute atomic E-state index is 13.4. The highest BCUT2D eigenvalue weighted by Crippen LogP contribution is 2.41. The number of nitrogens with zero attached hydrogens (tertiary/aromatic N) is 2. The highest BCUT2D eigenvalue weighted by molar-refractivity contribution is 7.91. The first-order valence-corrected chi connectivity index (χ1v) is 28.2. The number of sulfone groups is 2. The molecule has 2 aromatic carbocycles. The van der Waals surface area contributed by atoms with E-state index in [1.807, 2.05) is 0 Å². The van der Waals surface area contributed by atoms with E-state index in [0.29, 0.717) is 11.5 Å². The molecule has 6 rings (SSSR count). The quantitative estimate of drug-likeness (QED) is 0.147. The molecule has 0 bridgehead atoms. The first-order valence-electron chi connectivity index (χ1n) is 24.9. The normalized spacial score (nSPS) is 20.3. The van der Waals surface area contributed by atoms with E-state index >= 15 is 0 Å². The molecule has 2 aromatic rings. The van der Waals surface area contributed by atoms with Gasteiger partial charge in [0.1, 0.15) is 24.7 Å². The Bertz CT molecular complexity index is 2440. The summed E-state index contributed by atoms with van der Waals surface area (Å²) in [6.07, 6.45) is 0.710. The van der Waals surface area contributed by atoms with E-state index in [0.717, 1.165) is 0 Å². The third-order valence-electron chi connectivity index (χ3n) is 13.7. The Hall–Kier alpha value is -5.22. The largest absolute Gasteiger partial charge is 0.481 e. The van der Waals surface area contributed by atoms with Crippen LogP contribution in [0, 0.1) is 45.3 Å². The van der Waals surface area contributed by atoms with Crippen molar-refractivity contribution in [3.05, 3.63) is 48.5 Å². The van der Waals surface area contributed by atoms with Crippen molar-refractivity contribution in [1.29, 1.82) is 0 Å². The molecule has 20 heteroatoms. The summed E-state index contributed by atoms with van der Waals surface area (Å²) >= 11 is 0. The molecular weight excluding hydrogens is 997 g/mol. The van der Waals surface area contributed by atoms with E-state index in [9.17, 15) is 36.0 Å². The van der Waals surface area contributed by atoms with Gasteiger partial charge in [0.05, 0.1) is 82.6 Å². The van der Waals surface area contributed by atoms with Crippen LogP contribution in [0.2, 0.25) is 0 Å². The van der Waals surface area contributed by atoms with Crippen molar-refractivity contribution in [1.82, 2.24) is 9.80 Å². The lowest BCUT2D eigenvalue weighted by Crippen LogP contribution is -2.57. The molecule has 0 saturated carbocycles. The van der Waals surface area contributed by atoms with Crippen LogP contribution in [-0.2, 0) is 67.3 Å². The minimum Gasteiger partial charge on any atom is -0.481 e. The summed E-state index contributed by atoms with van der Waals surface area (Å²) in [6, 6.07) is 12.1. The molecule has 0 aromatic heterocycles. The molecule has 0 aliphatic carbocycles. The fourth-order valence-electron chi connectivity index (χ4n) is 8.93. The summed E-state index contributed by atoms with van der Waals surface area (Å²) in [6.45, 7) is 20.1. The number of carbonyl (C=O) groups is 4. The predicted molar refractivity (Wildman–Crippen MR) is 273 cm³/mol. The maximum atomic E-state index is 13.4. The van der Waals surface area contributed by atoms with E-state index in [1.165, 1.54) is 24.3 Å². The molecule has 18 nitrogen and oxygen atoms in total. The van der Waals surface area contributed by atoms with Gasteiger partial charge >= 0.3 is 11.9 Å². The number of rotatable bonds is 16. The molecule has 4 heterocycles. The van der Waals surface area contributed by atoms with Crippen molar-refractivity contribution >= 4 is 43.4 Å². The van der Waals surface area contributed by atoms with Crippen LogP contribution in [0.1, 0.15) is 94.9 Å². The van der Waals surface area contributed by atoms with Crippen molar-refractivity contribution in [3.8, 4) is 35.2 Å². The molecule has 2 amide bonds. The van der Waals surface area contributed by atoms with E-state index in [1.54, 1.807) is 103 Å². The molecule has 408 valence electrons. The Kier molecular flexibility index (Phi) is 19.9. The van der Waals surface area contributed by atoms with E-state index < -0.39 is 76.4 Å². The Morgan fingerprint density at radius 1 is 0.527 bits per heavy atom. The lowest BCUT2D eigenvalue weighted by molar-refractivity contribution is -0.279. The Labute approximate surface area is 437 Å². The number of benzene rings is 2. The molecule has 4 saturated heterocycles. The van der Waals surface area contributed by atoms with Crippen LogP contribution in [0.15, 0.2) is 58.3 Å². The van der Waals surface area contributed by atoms with Crippen molar-refractivity contribution in [3.63, 3.8) is 0 Å². The van der Waals surface area contributed by atoms with Crippen molar-refractivity contribution < 1.29 is 73.9 Å². The smallest absolute Gasteiger partial charge is 0.313 e. The Morgan fingerprint density at radius 2 is 0.824 bits per heavy atom. The average Bonchev–Trinajstić information content (AvgIpc) is 3.36. The van der Waals surface area contributed by atoms with Crippen molar-refractivity contribution in [2.45, 2.75) is 116 Å². The minimum absolute atomic E-state index is 0.0928. The summed E-state index contributed by atoms with van der Waals surface area (Å²) in [7, 11) is -7.67. The Morgan fingerprint density at radius 3 is 1.09 bits per heavy atom. The van der Waals surface area contributed by atoms with Gasteiger partial charge in [-0.3, -0.25) is 19.2 Å². The van der Waals surface area contributed by atoms with Crippen molar-refractivity contribution in [2.24, 2.45) is 21.7 Å². The fourth-order valence-corrected chi connectivity index (χ4v) is 12.6. The van der Waals surface area contributed by atoms with Gasteiger partial charge in [0.2, 0.25) is 11.8 Å². The molecular formula is C54H74N2O16S2. The van der Waals surface area contributed by atoms with Gasteiger partial charge in [-0.1, -0.05) is 11.8 Å². The average molecular weight is 1070 g/mol. The lowest BCUT2D eigenvalue weighted by atomic mass is 9.79. The summed E-state index contributed by atoms with van der Waals surface area (Å²) in [4.78, 5) is 56.4. The zero-order chi connectivity index (χ0) is 54.6. The van der Waals surface area contributed by atoms with Crippen LogP contribution in [0.4, 0.5) is 0 Å². The first-order chi connectivity index (χ1) is 34.7. The topological polar surface area (TPSA) is 217 Å². The van der Waals surface area contributed by atoms with Gasteiger partial charge in [0, 0.05) is 26.2 Å². The third kappa shape index (κ3) is 15.0. The summed E-state index contributed by atoms with van der Waals surface area (Å²) < 4.78 is 97.9. The molecule has 0 atom stereocenters. The van der Waals surface area contributed by atoms with Crippen LogP contribution in [0.25, 0.3) is 0 Å². The van der Waals surface area contributed by atoms with Gasteiger partial charge < -0.3 is 47.7 Å². The van der Waals surface area contributed by atoms with Gasteiger partial charge in [-0.25, -0.2) is 16.8 Å². The van der Waals surface area contributed by atoms with E-state index in [2.05, 4.69) is 23.7 Å². The highest BCUT2D eigenvalue weighted by atomic mass is 32.2. The van der Waals surface area contributed by atoms with Gasteiger partial charge in [-0.15, -0.1) is 11.8 Å². The van der Waals surface area contributed by atoms with Crippen LogP contribution >= 0.6 is 0 Å². The standard InChI is InChI=1S/2C27H37NO8S/c2*1-6-8-17-34-21-9-11-22(12-10-21)37(31,32)20-27(24(30)33-7-2)13-15-28(16-14-27)23(29)26(5)18-35-25(3,4)36-19-26/h2*9-12H,7,13-20H2,1-5H3. The van der Waals surface area contributed by atoms with Gasteiger partial charge in [-0.05, 0) is 143 Å². The number of carbonyl (C=O) groups excluding carboxylic acids is 4. The molecule has 0 spiro atoms. The summed E-state index contributed by atoms with van der Waals surface area (Å²) in [5, 5.41) is 0. The molecule has 0 radical (unpaired) electrons. The Balaban J connectivity index is 0.000000274. The third-order valence-corrected chi connectivity index (χ3v) is 17.5. The van der Waals surface area contributed by atoms with E-state index in [-0.39, 0.29) is 126 Å². The molecule has 4 aliphatic rings. The molecule has 4 aliphatic heterocycles. The van der Waals surface area contributed by atoms with Crippen molar-refractivity contribution in [2.75, 3.05) is 90.5 Å². The lowest BCUT2D eigenvalue weighted by Gasteiger charge is -2.45. The SMILES string of the molecule is CC#CCOc1ccc(S(=O)(=O)CC2(C(=O)OCC)CCN(C(=O)C3(C)COC(C)(C)OC3)CC2)cc1.CC#CCOc1ccc(S(=O)(=O)CC2(C(=O)OCC)CCN(C(=O)C3(C)COC(C)(C)OC3)CC2)cc1. The number of likely N-dealkylation sites (tertiary alicyclic amines) is 2. The van der Waals surface area contributed by atoms with E-state index in [4.69, 9.17) is 37.9 Å². The number of piperidine rings is 2. The number of amides is 2. The second kappa shape index (κ2) is 24.6. The maximum Gasteiger partial charge on any atom is 0.313 e. The number of ether oxygens (including phenoxy) is 8. The summed E-state index contributed by atoms with van der Waals surface area (Å²) in [5.74, 6) is 8.34. The van der Waals surface area contributed by atoms with Gasteiger partial charge in [0.25, 0.3) is 0 Å². The fraction of sp³-hybridized carbons (Fsp3) is 0.630. The second-order valence-electron chi connectivity index (χ2n) is 20.6. The summed E-state index contributed by atoms with van der Waals surface area (Å²) in [5.41, 5.74) is -4.20. The highest BCUT2D eigenvalue weighted by Gasteiger charge is 2.52. The van der Waals surface area contributed by atoms with Gasteiger partial charge in [-0.2, -0.15) is 0 Å². The first kappa shape index (κ1) is 59.7. The van der Waals surface area contributed by atoms with Crippen LogP contribution in [0.3, 0.4) is 0 Å². The molecule has 0 unspecified atom stereocenters. The number of hydrogen-bond donors (Lipinski definition) is 0. The monoisotopic (exact) mass is 1070 g/mol. The minimum atomic E-state index is -3.83. The number of esters is 2. The number of hydrogen-bond acceptors (Lipinski definition) is 16. The molecule has 74 heavy (non-hydrogen) atoms. The zero-order valence-electron chi connectivity index (χ0n) is 44.6. The van der Waals surface area contributed by atoms with Crippen LogP contribution in [-0.4, -0.2) is 153 Å². The zero-order valence-corrected chi connectivity index (χ0v) is 46.2. The second-order valence-corrected chi connectivity index (χ2v) is 24.5. The van der Waals surface area contributed by atoms with Crippen LogP contribution < -0.4 is 9.47 Å². The van der Waals surface area contributed by atoms with Crippen LogP contribution in [0.5, 0.6) is 11.5 Å². The predicted octanol–water partition coefficient (Wildman–Crippen LogP) is 5.65. The van der Waals surface area contributed by atoms with Gasteiger partial charge in [0.15, 0.2) is 31.2 Å². The molecule has 4 fully saturated rings.